The summed E-state index contributed by atoms with van der Waals surface area (Å²) in [6.45, 7) is 17.0. The van der Waals surface area contributed by atoms with Crippen LogP contribution in [-0.4, -0.2) is 39.6 Å². The molecule has 0 N–H and O–H groups in total. The largest absolute Gasteiger partial charge is 0.489 e. The summed E-state index contributed by atoms with van der Waals surface area (Å²) < 4.78 is 55.4. The third kappa shape index (κ3) is 57.2. The van der Waals surface area contributed by atoms with E-state index in [2.05, 4.69) is 53.7 Å². The molecule has 0 spiro atoms. The zero-order valence-electron chi connectivity index (χ0n) is 75.8. The SMILES string of the molecule is CCCCCCCCCCCCCCOc1cc(Oc2cc(C#N)c(C#N)cc2Oc2cc(OCCCCCCCCCCCCCC)c(OCCCCCCCCCCCCCC)c(OCCCCCCCCCCCCCC)c2)cc(OCCCCCCCCCCCCCC)c1OCCCCCCCCCCCCCC. The van der Waals surface area contributed by atoms with E-state index in [4.69, 9.17) is 37.9 Å². The number of hydrogen-bond acceptors (Lipinski definition) is 10. The Morgan fingerprint density at radius 2 is 0.316 bits per heavy atom. The van der Waals surface area contributed by atoms with Crippen LogP contribution in [0.1, 0.15) is 515 Å². The summed E-state index contributed by atoms with van der Waals surface area (Å²) in [6.07, 6.45) is 91.3. The van der Waals surface area contributed by atoms with Gasteiger partial charge in [-0.05, 0) is 38.5 Å². The van der Waals surface area contributed by atoms with Crippen molar-refractivity contribution < 1.29 is 37.9 Å². The molecule has 3 rings (SSSR count). The van der Waals surface area contributed by atoms with E-state index in [1.165, 1.54) is 385 Å². The van der Waals surface area contributed by atoms with Crippen LogP contribution in [0.25, 0.3) is 0 Å². The minimum Gasteiger partial charge on any atom is -0.489 e. The van der Waals surface area contributed by atoms with Gasteiger partial charge >= 0.3 is 0 Å². The van der Waals surface area contributed by atoms with Gasteiger partial charge in [0.1, 0.15) is 23.6 Å². The van der Waals surface area contributed by atoms with Gasteiger partial charge in [-0.2, -0.15) is 10.5 Å². The van der Waals surface area contributed by atoms with Crippen molar-refractivity contribution in [3.05, 3.63) is 47.5 Å². The highest BCUT2D eigenvalue weighted by molar-refractivity contribution is 5.62. The molecule has 0 fully saturated rings. The Morgan fingerprint density at radius 3 is 0.465 bits per heavy atom. The first-order valence-corrected chi connectivity index (χ1v) is 49.9. The smallest absolute Gasteiger partial charge is 0.203 e. The molecule has 0 aromatic heterocycles. The number of ether oxygens (including phenoxy) is 8. The van der Waals surface area contributed by atoms with Gasteiger partial charge in [0.2, 0.25) is 11.5 Å². The third-order valence-electron chi connectivity index (χ3n) is 23.3. The lowest BCUT2D eigenvalue weighted by molar-refractivity contribution is 0.232. The summed E-state index contributed by atoms with van der Waals surface area (Å²) >= 11 is 0. The number of unbranched alkanes of at least 4 members (excludes halogenated alkanes) is 66. The second kappa shape index (κ2) is 79.2. The second-order valence-electron chi connectivity index (χ2n) is 34.2. The van der Waals surface area contributed by atoms with Crippen molar-refractivity contribution in [3.8, 4) is 69.6 Å². The average molecular weight is 1590 g/mol. The summed E-state index contributed by atoms with van der Waals surface area (Å²) in [4.78, 5) is 0. The molecule has 0 aliphatic rings. The molecule has 0 aliphatic carbocycles. The highest BCUT2D eigenvalue weighted by Crippen LogP contribution is 2.48. The molecule has 0 amide bonds. The summed E-state index contributed by atoms with van der Waals surface area (Å²) in [6, 6.07) is 15.6. The van der Waals surface area contributed by atoms with Crippen LogP contribution >= 0.6 is 0 Å². The molecular formula is C104H180N2O8. The van der Waals surface area contributed by atoms with E-state index in [0.29, 0.717) is 85.6 Å². The fourth-order valence-electron chi connectivity index (χ4n) is 15.8. The average Bonchev–Trinajstić information content (AvgIpc) is 0.797. The van der Waals surface area contributed by atoms with Crippen molar-refractivity contribution in [2.24, 2.45) is 0 Å². The first-order chi connectivity index (χ1) is 56.5. The Labute approximate surface area is 705 Å². The van der Waals surface area contributed by atoms with Crippen LogP contribution in [0, 0.1) is 22.7 Å². The summed E-state index contributed by atoms with van der Waals surface area (Å²) in [7, 11) is 0. The molecule has 3 aromatic rings. The molecule has 0 heterocycles. The Bertz CT molecular complexity index is 2410. The van der Waals surface area contributed by atoms with Gasteiger partial charge < -0.3 is 37.9 Å². The summed E-state index contributed by atoms with van der Waals surface area (Å²) in [5.41, 5.74) is 0.377. The van der Waals surface area contributed by atoms with Gasteiger partial charge in [0.15, 0.2) is 34.5 Å². The van der Waals surface area contributed by atoms with Crippen LogP contribution in [-0.2, 0) is 0 Å². The van der Waals surface area contributed by atoms with Gasteiger partial charge in [0.25, 0.3) is 0 Å². The molecule has 0 radical (unpaired) electrons. The fraction of sp³-hybridized carbons (Fsp3) is 0.808. The maximum Gasteiger partial charge on any atom is 0.203 e. The molecule has 3 aromatic carbocycles. The lowest BCUT2D eigenvalue weighted by Gasteiger charge is -2.21. The minimum absolute atomic E-state index is 0.188. The van der Waals surface area contributed by atoms with E-state index in [1.54, 1.807) is 12.1 Å². The molecule has 114 heavy (non-hydrogen) atoms. The van der Waals surface area contributed by atoms with Crippen molar-refractivity contribution in [1.82, 2.24) is 0 Å². The van der Waals surface area contributed by atoms with Crippen LogP contribution in [0.2, 0.25) is 0 Å². The van der Waals surface area contributed by atoms with E-state index in [9.17, 15) is 10.5 Å². The van der Waals surface area contributed by atoms with E-state index >= 15 is 0 Å². The van der Waals surface area contributed by atoms with Crippen LogP contribution in [0.4, 0.5) is 0 Å². The van der Waals surface area contributed by atoms with Crippen LogP contribution < -0.4 is 37.9 Å². The minimum atomic E-state index is 0.188. The van der Waals surface area contributed by atoms with Crippen molar-refractivity contribution in [2.75, 3.05) is 39.6 Å². The summed E-state index contributed by atoms with van der Waals surface area (Å²) in [5, 5.41) is 21.4. The number of nitrogens with zero attached hydrogens (tertiary/aromatic N) is 2. The van der Waals surface area contributed by atoms with Crippen molar-refractivity contribution >= 4 is 0 Å². The van der Waals surface area contributed by atoms with Gasteiger partial charge in [-0.1, -0.05) is 465 Å². The van der Waals surface area contributed by atoms with Gasteiger partial charge in [0, 0.05) is 36.4 Å². The van der Waals surface area contributed by atoms with Gasteiger partial charge in [-0.25, -0.2) is 0 Å². The maximum atomic E-state index is 10.7. The Morgan fingerprint density at radius 1 is 0.175 bits per heavy atom. The standard InChI is InChI=1S/C104H180N2O8/c1-7-13-19-25-31-37-43-49-55-61-67-73-79-107-99-87-95(88-100(108-80-74-68-62-56-50-44-38-32-26-20-14-8-2)103(99)111-83-77-71-65-59-53-47-41-35-29-23-17-11-5)113-97-85-93(91-105)94(92-106)86-98(97)114-96-89-101(109-81-75-69-63-57-51-45-39-33-27-21-15-9-3)104(112-84-78-72-66-60-54-48-42-36-30-24-18-12-6)102(90-96)110-82-76-70-64-58-52-46-40-34-28-22-16-10-4/h85-90H,7-84H2,1-6H3. The molecule has 654 valence electrons. The molecule has 0 saturated heterocycles. The first-order valence-electron chi connectivity index (χ1n) is 49.9. The molecule has 10 nitrogen and oxygen atoms in total. The van der Waals surface area contributed by atoms with Crippen LogP contribution in [0.3, 0.4) is 0 Å². The van der Waals surface area contributed by atoms with Crippen molar-refractivity contribution in [1.29, 1.82) is 10.5 Å². The molecule has 0 unspecified atom stereocenters. The number of benzene rings is 3. The number of nitriles is 2. The highest BCUT2D eigenvalue weighted by atomic mass is 16.6. The Balaban J connectivity index is 2.07. The Hall–Kier alpha value is -4.96. The number of hydrogen-bond donors (Lipinski definition) is 0. The molecule has 0 saturated carbocycles. The third-order valence-corrected chi connectivity index (χ3v) is 23.3. The van der Waals surface area contributed by atoms with E-state index in [1.807, 2.05) is 24.3 Å². The van der Waals surface area contributed by atoms with Gasteiger partial charge in [-0.3, -0.25) is 0 Å². The zero-order valence-corrected chi connectivity index (χ0v) is 75.8. The molecule has 0 bridgehead atoms. The predicted octanol–water partition coefficient (Wildman–Crippen LogP) is 35.5. The maximum absolute atomic E-state index is 10.7. The lowest BCUT2D eigenvalue weighted by atomic mass is 10.1. The Kier molecular flexibility index (Phi) is 71.7. The zero-order chi connectivity index (χ0) is 81.4. The summed E-state index contributed by atoms with van der Waals surface area (Å²) in [5.74, 6) is 5.04. The molecule has 0 atom stereocenters. The quantitative estimate of drug-likeness (QED) is 0.0505. The van der Waals surface area contributed by atoms with Gasteiger partial charge in [-0.15, -0.1) is 0 Å². The van der Waals surface area contributed by atoms with E-state index in [-0.39, 0.29) is 22.6 Å². The van der Waals surface area contributed by atoms with Gasteiger partial charge in [0.05, 0.1) is 50.8 Å². The molecule has 0 aliphatic heterocycles. The first kappa shape index (κ1) is 103. The monoisotopic (exact) mass is 1590 g/mol. The van der Waals surface area contributed by atoms with Crippen molar-refractivity contribution in [3.63, 3.8) is 0 Å². The second-order valence-corrected chi connectivity index (χ2v) is 34.2. The fourth-order valence-corrected chi connectivity index (χ4v) is 15.8. The molecular weight excluding hydrogens is 1410 g/mol. The van der Waals surface area contributed by atoms with Crippen LogP contribution in [0.15, 0.2) is 36.4 Å². The van der Waals surface area contributed by atoms with Crippen molar-refractivity contribution in [2.45, 2.75) is 504 Å². The normalized spacial score (nSPS) is 11.3. The highest BCUT2D eigenvalue weighted by Gasteiger charge is 2.23. The lowest BCUT2D eigenvalue weighted by Crippen LogP contribution is -2.07. The predicted molar refractivity (Wildman–Crippen MR) is 488 cm³/mol. The van der Waals surface area contributed by atoms with Crippen LogP contribution in [0.5, 0.6) is 57.5 Å². The van der Waals surface area contributed by atoms with E-state index in [0.717, 1.165) is 77.0 Å². The number of rotatable bonds is 88. The molecule has 10 heteroatoms. The van der Waals surface area contributed by atoms with E-state index < -0.39 is 0 Å². The topological polar surface area (TPSA) is 121 Å².